The molecule has 0 heterocycles. The van der Waals surface area contributed by atoms with E-state index in [0.717, 1.165) is 19.3 Å². The highest BCUT2D eigenvalue weighted by Gasteiger charge is 2.05. The number of hydrogen-bond acceptors (Lipinski definition) is 1. The molecular formula is C9H17ClO. The normalized spacial score (nSPS) is 13.0. The van der Waals surface area contributed by atoms with Crippen molar-refractivity contribution in [1.82, 2.24) is 0 Å². The molecule has 0 saturated carbocycles. The first-order chi connectivity index (χ1) is 5.20. The molecule has 0 amide bonds. The van der Waals surface area contributed by atoms with E-state index in [1.54, 1.807) is 0 Å². The third kappa shape index (κ3) is 6.36. The van der Waals surface area contributed by atoms with E-state index in [-0.39, 0.29) is 0 Å². The van der Waals surface area contributed by atoms with Crippen LogP contribution in [0.3, 0.4) is 0 Å². The summed E-state index contributed by atoms with van der Waals surface area (Å²) < 4.78 is 0. The fourth-order valence-corrected chi connectivity index (χ4v) is 1.03. The first-order valence-electron chi connectivity index (χ1n) is 4.28. The Balaban J connectivity index is 3.36. The number of carbonyl (C=O) groups is 1. The van der Waals surface area contributed by atoms with Crippen molar-refractivity contribution < 1.29 is 4.79 Å². The van der Waals surface area contributed by atoms with Crippen molar-refractivity contribution in [1.29, 1.82) is 0 Å². The zero-order valence-electron chi connectivity index (χ0n) is 7.40. The van der Waals surface area contributed by atoms with Gasteiger partial charge in [0.2, 0.25) is 0 Å². The van der Waals surface area contributed by atoms with Gasteiger partial charge in [0, 0.05) is 18.7 Å². The molecule has 0 radical (unpaired) electrons. The van der Waals surface area contributed by atoms with Gasteiger partial charge in [0.1, 0.15) is 5.78 Å². The molecule has 1 nitrogen and oxygen atoms in total. The monoisotopic (exact) mass is 176 g/mol. The van der Waals surface area contributed by atoms with Gasteiger partial charge in [-0.1, -0.05) is 20.3 Å². The van der Waals surface area contributed by atoms with E-state index in [1.807, 2.05) is 0 Å². The maximum Gasteiger partial charge on any atom is 0.133 e. The average Bonchev–Trinajstić information content (AvgIpc) is 2.00. The van der Waals surface area contributed by atoms with Crippen LogP contribution in [0.25, 0.3) is 0 Å². The van der Waals surface area contributed by atoms with Crippen molar-refractivity contribution in [3.05, 3.63) is 0 Å². The number of rotatable bonds is 6. The average molecular weight is 177 g/mol. The largest absolute Gasteiger partial charge is 0.300 e. The second-order valence-electron chi connectivity index (χ2n) is 3.05. The lowest BCUT2D eigenvalue weighted by molar-refractivity contribution is -0.119. The van der Waals surface area contributed by atoms with E-state index in [0.29, 0.717) is 24.0 Å². The number of ketones is 1. The Kier molecular flexibility index (Phi) is 6.63. The smallest absolute Gasteiger partial charge is 0.133 e. The van der Waals surface area contributed by atoms with Crippen LogP contribution in [0.2, 0.25) is 0 Å². The van der Waals surface area contributed by atoms with E-state index in [1.165, 1.54) is 0 Å². The van der Waals surface area contributed by atoms with Crippen LogP contribution in [0.1, 0.15) is 39.5 Å². The molecule has 0 spiro atoms. The molecule has 2 heteroatoms. The molecule has 11 heavy (non-hydrogen) atoms. The van der Waals surface area contributed by atoms with Gasteiger partial charge in [-0.15, -0.1) is 11.6 Å². The predicted octanol–water partition coefficient (Wildman–Crippen LogP) is 3.01. The van der Waals surface area contributed by atoms with Gasteiger partial charge in [0.15, 0.2) is 0 Å². The highest BCUT2D eigenvalue weighted by molar-refractivity contribution is 6.17. The van der Waals surface area contributed by atoms with E-state index < -0.39 is 0 Å². The Hall–Kier alpha value is -0.0400. The summed E-state index contributed by atoms with van der Waals surface area (Å²) in [6, 6.07) is 0. The summed E-state index contributed by atoms with van der Waals surface area (Å²) in [5, 5.41) is 0. The Morgan fingerprint density at radius 3 is 2.64 bits per heavy atom. The molecule has 0 aromatic heterocycles. The Labute approximate surface area is 74.1 Å². The minimum atomic E-state index is 0.361. The zero-order valence-corrected chi connectivity index (χ0v) is 8.16. The standard InChI is InChI=1S/C9H17ClO/c1-3-8(2)7-9(11)5-4-6-10/h8H,3-7H2,1-2H3. The summed E-state index contributed by atoms with van der Waals surface area (Å²) in [5.41, 5.74) is 0. The fraction of sp³-hybridized carbons (Fsp3) is 0.889. The minimum Gasteiger partial charge on any atom is -0.300 e. The van der Waals surface area contributed by atoms with Crippen LogP contribution in [0, 0.1) is 5.92 Å². The second kappa shape index (κ2) is 6.66. The van der Waals surface area contributed by atoms with Crippen molar-refractivity contribution in [2.24, 2.45) is 5.92 Å². The van der Waals surface area contributed by atoms with Crippen LogP contribution in [-0.4, -0.2) is 11.7 Å². The molecular weight excluding hydrogens is 160 g/mol. The Morgan fingerprint density at radius 1 is 1.55 bits per heavy atom. The topological polar surface area (TPSA) is 17.1 Å². The van der Waals surface area contributed by atoms with Crippen LogP contribution in [0.15, 0.2) is 0 Å². The van der Waals surface area contributed by atoms with Gasteiger partial charge in [-0.2, -0.15) is 0 Å². The maximum absolute atomic E-state index is 11.1. The van der Waals surface area contributed by atoms with Gasteiger partial charge in [-0.25, -0.2) is 0 Å². The van der Waals surface area contributed by atoms with Gasteiger partial charge in [-0.3, -0.25) is 4.79 Å². The molecule has 0 aliphatic heterocycles. The molecule has 0 N–H and O–H groups in total. The van der Waals surface area contributed by atoms with Crippen molar-refractivity contribution in [3.8, 4) is 0 Å². The summed E-state index contributed by atoms with van der Waals surface area (Å²) in [6.07, 6.45) is 3.31. The lowest BCUT2D eigenvalue weighted by atomic mass is 10.00. The Bertz CT molecular complexity index is 112. The summed E-state index contributed by atoms with van der Waals surface area (Å²) in [5.74, 6) is 1.50. The summed E-state index contributed by atoms with van der Waals surface area (Å²) in [7, 11) is 0. The van der Waals surface area contributed by atoms with Gasteiger partial charge in [0.05, 0.1) is 0 Å². The number of Topliss-reactive ketones (excluding diaryl/α,β-unsaturated/α-hetero) is 1. The molecule has 0 bridgehead atoms. The van der Waals surface area contributed by atoms with Crippen molar-refractivity contribution in [2.75, 3.05) is 5.88 Å². The molecule has 1 atom stereocenters. The molecule has 0 aliphatic carbocycles. The van der Waals surface area contributed by atoms with E-state index in [4.69, 9.17) is 11.6 Å². The molecule has 0 rings (SSSR count). The second-order valence-corrected chi connectivity index (χ2v) is 3.43. The highest BCUT2D eigenvalue weighted by atomic mass is 35.5. The maximum atomic E-state index is 11.1. The molecule has 0 fully saturated rings. The lowest BCUT2D eigenvalue weighted by Crippen LogP contribution is -2.04. The lowest BCUT2D eigenvalue weighted by Gasteiger charge is -2.05. The molecule has 0 aromatic carbocycles. The van der Waals surface area contributed by atoms with Crippen LogP contribution < -0.4 is 0 Å². The van der Waals surface area contributed by atoms with Crippen LogP contribution in [0.5, 0.6) is 0 Å². The van der Waals surface area contributed by atoms with Crippen molar-refractivity contribution >= 4 is 17.4 Å². The van der Waals surface area contributed by atoms with E-state index in [2.05, 4.69) is 13.8 Å². The molecule has 1 unspecified atom stereocenters. The molecule has 0 aliphatic rings. The third-order valence-electron chi connectivity index (χ3n) is 1.86. The van der Waals surface area contributed by atoms with Gasteiger partial charge in [-0.05, 0) is 12.3 Å². The van der Waals surface area contributed by atoms with E-state index >= 15 is 0 Å². The van der Waals surface area contributed by atoms with Crippen LogP contribution in [-0.2, 0) is 4.79 Å². The number of carbonyl (C=O) groups excluding carboxylic acids is 1. The first kappa shape index (κ1) is 11.0. The quantitative estimate of drug-likeness (QED) is 0.569. The number of hydrogen-bond donors (Lipinski definition) is 0. The highest BCUT2D eigenvalue weighted by Crippen LogP contribution is 2.09. The van der Waals surface area contributed by atoms with Gasteiger partial charge >= 0.3 is 0 Å². The van der Waals surface area contributed by atoms with Crippen molar-refractivity contribution in [3.63, 3.8) is 0 Å². The minimum absolute atomic E-state index is 0.361. The zero-order chi connectivity index (χ0) is 8.69. The molecule has 66 valence electrons. The van der Waals surface area contributed by atoms with Gasteiger partial charge < -0.3 is 0 Å². The summed E-state index contributed by atoms with van der Waals surface area (Å²) in [6.45, 7) is 4.22. The predicted molar refractivity (Wildman–Crippen MR) is 49.0 cm³/mol. The molecule has 0 saturated heterocycles. The summed E-state index contributed by atoms with van der Waals surface area (Å²) in [4.78, 5) is 11.1. The van der Waals surface area contributed by atoms with Crippen molar-refractivity contribution in [2.45, 2.75) is 39.5 Å². The first-order valence-corrected chi connectivity index (χ1v) is 4.81. The number of halogens is 1. The SMILES string of the molecule is CCC(C)CC(=O)CCCCl. The number of alkyl halides is 1. The van der Waals surface area contributed by atoms with Gasteiger partial charge in [0.25, 0.3) is 0 Å². The molecule has 0 aromatic rings. The van der Waals surface area contributed by atoms with Crippen LogP contribution >= 0.6 is 11.6 Å². The third-order valence-corrected chi connectivity index (χ3v) is 2.13. The fourth-order valence-electron chi connectivity index (χ4n) is 0.899. The van der Waals surface area contributed by atoms with Crippen LogP contribution in [0.4, 0.5) is 0 Å². The summed E-state index contributed by atoms with van der Waals surface area (Å²) >= 11 is 5.46. The Morgan fingerprint density at radius 2 is 2.18 bits per heavy atom. The van der Waals surface area contributed by atoms with E-state index in [9.17, 15) is 4.79 Å².